The molecule has 0 amide bonds. The van der Waals surface area contributed by atoms with Crippen molar-refractivity contribution in [1.82, 2.24) is 9.88 Å². The number of thiazole rings is 1. The summed E-state index contributed by atoms with van der Waals surface area (Å²) >= 11 is 7.89. The number of carbonyl (C=O) groups is 1. The Balaban J connectivity index is 1.58. The lowest BCUT2D eigenvalue weighted by Crippen LogP contribution is -2.30. The minimum Gasteiger partial charge on any atom is -0.491 e. The number of carboxylic acid groups (broad SMARTS) is 1. The zero-order valence-corrected chi connectivity index (χ0v) is 15.9. The fraction of sp³-hybridized carbons (Fsp3) is 0.444. The maximum absolute atomic E-state index is 10.9. The lowest BCUT2D eigenvalue weighted by atomic mass is 9.97. The molecule has 0 spiro atoms. The molecule has 1 aliphatic carbocycles. The molecule has 0 saturated heterocycles. The van der Waals surface area contributed by atoms with Crippen LogP contribution in [0.5, 0.6) is 5.75 Å². The van der Waals surface area contributed by atoms with E-state index in [0.29, 0.717) is 23.4 Å². The van der Waals surface area contributed by atoms with Crippen molar-refractivity contribution in [3.05, 3.63) is 44.4 Å². The van der Waals surface area contributed by atoms with Crippen molar-refractivity contribution in [3.8, 4) is 5.75 Å². The van der Waals surface area contributed by atoms with Crippen molar-refractivity contribution in [3.63, 3.8) is 0 Å². The highest BCUT2D eigenvalue weighted by Gasteiger charge is 2.26. The van der Waals surface area contributed by atoms with E-state index in [1.807, 2.05) is 0 Å². The fourth-order valence-electron chi connectivity index (χ4n) is 3.15. The number of carboxylic acids is 1. The molecule has 0 saturated carbocycles. The third-order valence-electron chi connectivity index (χ3n) is 4.44. The summed E-state index contributed by atoms with van der Waals surface area (Å²) in [5.41, 5.74) is 1.41. The zero-order chi connectivity index (χ0) is 18.0. The Kier molecular flexibility index (Phi) is 5.61. The molecule has 1 aromatic carbocycles. The third kappa shape index (κ3) is 4.14. The summed E-state index contributed by atoms with van der Waals surface area (Å²) < 4.78 is 5.75. The number of aromatic carboxylic acids is 1. The number of ether oxygens (including phenoxy) is 1. The number of nitrogens with zero attached hydrogens (tertiary/aromatic N) is 2. The molecule has 0 radical (unpaired) electrons. The average molecular weight is 381 g/mol. The van der Waals surface area contributed by atoms with Crippen molar-refractivity contribution < 1.29 is 14.6 Å². The summed E-state index contributed by atoms with van der Waals surface area (Å²) in [6.45, 7) is 3.32. The van der Waals surface area contributed by atoms with Gasteiger partial charge in [-0.3, -0.25) is 4.90 Å². The molecule has 0 unspecified atom stereocenters. The molecule has 25 heavy (non-hydrogen) atoms. The van der Waals surface area contributed by atoms with Gasteiger partial charge in [-0.25, -0.2) is 9.78 Å². The minimum atomic E-state index is -0.999. The first-order valence-corrected chi connectivity index (χ1v) is 9.47. The van der Waals surface area contributed by atoms with Crippen molar-refractivity contribution in [1.29, 1.82) is 0 Å². The van der Waals surface area contributed by atoms with Gasteiger partial charge in [0.1, 0.15) is 12.4 Å². The van der Waals surface area contributed by atoms with Crippen LogP contribution in [0.3, 0.4) is 0 Å². The van der Waals surface area contributed by atoms with Crippen molar-refractivity contribution in [2.24, 2.45) is 0 Å². The molecular formula is C18H21ClN2O3S. The van der Waals surface area contributed by atoms with Gasteiger partial charge in [0.05, 0.1) is 21.3 Å². The monoisotopic (exact) mass is 380 g/mol. The standard InChI is InChI=1S/C18H21ClN2O3S/c1-11-20-14-4-3-5-15(17(14)25-11)21(2)8-9-24-16-7-6-12(18(22)23)10-13(16)19/h6-7,10,15H,3-5,8-9H2,1-2H3,(H,22,23)/t15-/m0/s1. The second-order valence-electron chi connectivity index (χ2n) is 6.23. The molecule has 1 N–H and O–H groups in total. The van der Waals surface area contributed by atoms with Crippen LogP contribution in [-0.4, -0.2) is 41.2 Å². The first-order valence-electron chi connectivity index (χ1n) is 8.28. The van der Waals surface area contributed by atoms with Gasteiger partial charge >= 0.3 is 5.97 Å². The van der Waals surface area contributed by atoms with E-state index in [4.69, 9.17) is 21.4 Å². The number of aryl methyl sites for hydroxylation is 2. The van der Waals surface area contributed by atoms with Crippen molar-refractivity contribution >= 4 is 28.9 Å². The molecule has 1 heterocycles. The predicted octanol–water partition coefficient (Wildman–Crippen LogP) is 4.19. The Morgan fingerprint density at radius 2 is 2.32 bits per heavy atom. The van der Waals surface area contributed by atoms with Crippen LogP contribution in [0.4, 0.5) is 0 Å². The number of aromatic nitrogens is 1. The Bertz CT molecular complexity index is 778. The summed E-state index contributed by atoms with van der Waals surface area (Å²) in [5.74, 6) is -0.487. The molecule has 3 rings (SSSR count). The molecule has 1 aliphatic rings. The van der Waals surface area contributed by atoms with E-state index in [9.17, 15) is 4.79 Å². The number of likely N-dealkylation sites (N-methyl/N-ethyl adjacent to an activating group) is 1. The predicted molar refractivity (Wildman–Crippen MR) is 99.1 cm³/mol. The van der Waals surface area contributed by atoms with Crippen LogP contribution in [0.25, 0.3) is 0 Å². The van der Waals surface area contributed by atoms with Gasteiger partial charge in [-0.1, -0.05) is 11.6 Å². The Morgan fingerprint density at radius 1 is 1.52 bits per heavy atom. The SMILES string of the molecule is Cc1nc2c(s1)[C@@H](N(C)CCOc1ccc(C(=O)O)cc1Cl)CCC2. The molecule has 0 fully saturated rings. The highest BCUT2D eigenvalue weighted by Crippen LogP contribution is 2.37. The summed E-state index contributed by atoms with van der Waals surface area (Å²) in [6, 6.07) is 4.91. The van der Waals surface area contributed by atoms with Crippen LogP contribution in [0, 0.1) is 6.92 Å². The smallest absolute Gasteiger partial charge is 0.335 e. The summed E-state index contributed by atoms with van der Waals surface area (Å²) in [7, 11) is 2.10. The number of benzene rings is 1. The first-order chi connectivity index (χ1) is 12.0. The summed E-state index contributed by atoms with van der Waals surface area (Å²) in [4.78, 5) is 19.3. The normalized spacial score (nSPS) is 16.7. The van der Waals surface area contributed by atoms with Crippen LogP contribution in [0.2, 0.25) is 5.02 Å². The van der Waals surface area contributed by atoms with Crippen LogP contribution < -0.4 is 4.74 Å². The van der Waals surface area contributed by atoms with E-state index in [1.165, 1.54) is 22.7 Å². The largest absolute Gasteiger partial charge is 0.491 e. The molecule has 0 aliphatic heterocycles. The molecule has 5 nitrogen and oxygen atoms in total. The number of hydrogen-bond acceptors (Lipinski definition) is 5. The first kappa shape index (κ1) is 18.2. The Hall–Kier alpha value is -1.63. The quantitative estimate of drug-likeness (QED) is 0.814. The van der Waals surface area contributed by atoms with Gasteiger partial charge in [0.25, 0.3) is 0 Å². The van der Waals surface area contributed by atoms with E-state index in [1.54, 1.807) is 17.4 Å². The fourth-order valence-corrected chi connectivity index (χ4v) is 4.55. The molecule has 0 bridgehead atoms. The molecule has 1 atom stereocenters. The molecular weight excluding hydrogens is 360 g/mol. The number of rotatable bonds is 6. The second-order valence-corrected chi connectivity index (χ2v) is 7.87. The lowest BCUT2D eigenvalue weighted by molar-refractivity contribution is 0.0697. The number of fused-ring (bicyclic) bond motifs is 1. The van der Waals surface area contributed by atoms with E-state index >= 15 is 0 Å². The zero-order valence-electron chi connectivity index (χ0n) is 14.3. The van der Waals surface area contributed by atoms with Crippen LogP contribution in [0.1, 0.15) is 44.8 Å². The minimum absolute atomic E-state index is 0.157. The molecule has 134 valence electrons. The van der Waals surface area contributed by atoms with Crippen molar-refractivity contribution in [2.75, 3.05) is 20.2 Å². The number of hydrogen-bond donors (Lipinski definition) is 1. The highest BCUT2D eigenvalue weighted by molar-refractivity contribution is 7.11. The number of halogens is 1. The average Bonchev–Trinajstić information content (AvgIpc) is 2.95. The second kappa shape index (κ2) is 7.72. The molecule has 7 heteroatoms. The van der Waals surface area contributed by atoms with Gasteiger partial charge in [-0.05, 0) is 51.4 Å². The highest BCUT2D eigenvalue weighted by atomic mass is 35.5. The summed E-state index contributed by atoms with van der Waals surface area (Å²) in [5, 5.41) is 10.4. The van der Waals surface area contributed by atoms with Crippen LogP contribution in [-0.2, 0) is 6.42 Å². The van der Waals surface area contributed by atoms with Gasteiger partial charge in [0, 0.05) is 17.5 Å². The Labute approximate surface area is 156 Å². The van der Waals surface area contributed by atoms with Gasteiger partial charge in [0.2, 0.25) is 0 Å². The van der Waals surface area contributed by atoms with E-state index in [-0.39, 0.29) is 5.56 Å². The summed E-state index contributed by atoms with van der Waals surface area (Å²) in [6.07, 6.45) is 3.37. The van der Waals surface area contributed by atoms with E-state index < -0.39 is 5.97 Å². The topological polar surface area (TPSA) is 62.7 Å². The molecule has 2 aromatic rings. The maximum Gasteiger partial charge on any atom is 0.335 e. The third-order valence-corrected chi connectivity index (χ3v) is 5.85. The maximum atomic E-state index is 10.9. The Morgan fingerprint density at radius 3 is 3.04 bits per heavy atom. The van der Waals surface area contributed by atoms with Crippen LogP contribution in [0.15, 0.2) is 18.2 Å². The molecule has 1 aromatic heterocycles. The lowest BCUT2D eigenvalue weighted by Gasteiger charge is -2.30. The van der Waals surface area contributed by atoms with Gasteiger partial charge < -0.3 is 9.84 Å². The van der Waals surface area contributed by atoms with Gasteiger partial charge in [0.15, 0.2) is 0 Å². The van der Waals surface area contributed by atoms with Gasteiger partial charge in [-0.15, -0.1) is 11.3 Å². The van der Waals surface area contributed by atoms with Crippen LogP contribution >= 0.6 is 22.9 Å². The van der Waals surface area contributed by atoms with Crippen molar-refractivity contribution in [2.45, 2.75) is 32.2 Å². The van der Waals surface area contributed by atoms with E-state index in [2.05, 4.69) is 23.9 Å². The van der Waals surface area contributed by atoms with Gasteiger partial charge in [-0.2, -0.15) is 0 Å². The van der Waals surface area contributed by atoms with E-state index in [0.717, 1.165) is 30.8 Å².